The molecule has 1 atom stereocenters. The second kappa shape index (κ2) is 5.70. The maximum atomic E-state index is 11.6. The summed E-state index contributed by atoms with van der Waals surface area (Å²) in [6.07, 6.45) is 1.69. The zero-order valence-electron chi connectivity index (χ0n) is 9.21. The SMILES string of the molecule is CC(=O)NC(C)C(=O)NC1CCOCC1. The third kappa shape index (κ3) is 4.29. The zero-order chi connectivity index (χ0) is 11.3. The maximum Gasteiger partial charge on any atom is 0.242 e. The molecule has 0 saturated carbocycles. The predicted molar refractivity (Wildman–Crippen MR) is 55.3 cm³/mol. The number of amides is 2. The van der Waals surface area contributed by atoms with Crippen LogP contribution in [0.15, 0.2) is 0 Å². The highest BCUT2D eigenvalue weighted by molar-refractivity contribution is 5.86. The molecule has 5 heteroatoms. The van der Waals surface area contributed by atoms with Gasteiger partial charge in [0, 0.05) is 26.2 Å². The normalized spacial score (nSPS) is 19.3. The van der Waals surface area contributed by atoms with E-state index in [4.69, 9.17) is 4.74 Å². The van der Waals surface area contributed by atoms with Crippen LogP contribution in [0.2, 0.25) is 0 Å². The number of nitrogens with one attached hydrogen (secondary N) is 2. The Kier molecular flexibility index (Phi) is 4.55. The Morgan fingerprint density at radius 2 is 1.93 bits per heavy atom. The molecule has 5 nitrogen and oxygen atoms in total. The van der Waals surface area contributed by atoms with E-state index < -0.39 is 6.04 Å². The van der Waals surface area contributed by atoms with Crippen molar-refractivity contribution in [1.82, 2.24) is 10.6 Å². The van der Waals surface area contributed by atoms with Crippen molar-refractivity contribution in [1.29, 1.82) is 0 Å². The van der Waals surface area contributed by atoms with Crippen molar-refractivity contribution < 1.29 is 14.3 Å². The minimum atomic E-state index is -0.467. The summed E-state index contributed by atoms with van der Waals surface area (Å²) in [5.74, 6) is -0.318. The molecule has 0 radical (unpaired) electrons. The molecule has 0 aromatic rings. The van der Waals surface area contributed by atoms with Gasteiger partial charge in [-0.15, -0.1) is 0 Å². The summed E-state index contributed by atoms with van der Waals surface area (Å²) in [5, 5.41) is 5.44. The Labute approximate surface area is 89.6 Å². The predicted octanol–water partition coefficient (Wildman–Crippen LogP) is -0.194. The largest absolute Gasteiger partial charge is 0.381 e. The van der Waals surface area contributed by atoms with Crippen molar-refractivity contribution in [3.8, 4) is 0 Å². The van der Waals surface area contributed by atoms with Crippen molar-refractivity contribution in [3.05, 3.63) is 0 Å². The molecular weight excluding hydrogens is 196 g/mol. The molecule has 1 fully saturated rings. The topological polar surface area (TPSA) is 67.4 Å². The lowest BCUT2D eigenvalue weighted by Crippen LogP contribution is -2.48. The molecule has 0 bridgehead atoms. The van der Waals surface area contributed by atoms with E-state index in [1.54, 1.807) is 6.92 Å². The van der Waals surface area contributed by atoms with Crippen LogP contribution in [0.1, 0.15) is 26.7 Å². The van der Waals surface area contributed by atoms with Gasteiger partial charge in [0.05, 0.1) is 0 Å². The van der Waals surface area contributed by atoms with Gasteiger partial charge in [-0.1, -0.05) is 0 Å². The van der Waals surface area contributed by atoms with Gasteiger partial charge in [-0.2, -0.15) is 0 Å². The summed E-state index contributed by atoms with van der Waals surface area (Å²) in [7, 11) is 0. The third-order valence-corrected chi connectivity index (χ3v) is 2.38. The van der Waals surface area contributed by atoms with Crippen LogP contribution in [-0.4, -0.2) is 37.1 Å². The van der Waals surface area contributed by atoms with E-state index in [1.165, 1.54) is 6.92 Å². The minimum absolute atomic E-state index is 0.128. The summed E-state index contributed by atoms with van der Waals surface area (Å²) in [6, 6.07) is -0.284. The van der Waals surface area contributed by atoms with Crippen molar-refractivity contribution in [2.45, 2.75) is 38.8 Å². The van der Waals surface area contributed by atoms with Crippen LogP contribution < -0.4 is 10.6 Å². The molecule has 15 heavy (non-hydrogen) atoms. The molecule has 2 N–H and O–H groups in total. The van der Waals surface area contributed by atoms with Gasteiger partial charge >= 0.3 is 0 Å². The third-order valence-electron chi connectivity index (χ3n) is 2.38. The molecule has 1 aliphatic heterocycles. The maximum absolute atomic E-state index is 11.6. The summed E-state index contributed by atoms with van der Waals surface area (Å²) in [5.41, 5.74) is 0. The lowest BCUT2D eigenvalue weighted by atomic mass is 10.1. The minimum Gasteiger partial charge on any atom is -0.381 e. The van der Waals surface area contributed by atoms with E-state index in [-0.39, 0.29) is 17.9 Å². The van der Waals surface area contributed by atoms with E-state index in [2.05, 4.69) is 10.6 Å². The highest BCUT2D eigenvalue weighted by Gasteiger charge is 2.19. The fourth-order valence-corrected chi connectivity index (χ4v) is 1.54. The number of ether oxygens (including phenoxy) is 1. The van der Waals surface area contributed by atoms with Crippen LogP contribution >= 0.6 is 0 Å². The first kappa shape index (κ1) is 12.0. The molecule has 1 unspecified atom stereocenters. The molecule has 1 rings (SSSR count). The lowest BCUT2D eigenvalue weighted by Gasteiger charge is -2.24. The molecule has 86 valence electrons. The van der Waals surface area contributed by atoms with E-state index in [9.17, 15) is 9.59 Å². The molecule has 1 heterocycles. The van der Waals surface area contributed by atoms with E-state index >= 15 is 0 Å². The Morgan fingerprint density at radius 1 is 1.33 bits per heavy atom. The Bertz CT molecular complexity index is 237. The molecule has 0 aromatic carbocycles. The van der Waals surface area contributed by atoms with Gasteiger partial charge in [0.25, 0.3) is 0 Å². The average molecular weight is 214 g/mol. The van der Waals surface area contributed by atoms with Crippen LogP contribution in [0.5, 0.6) is 0 Å². The summed E-state index contributed by atoms with van der Waals surface area (Å²) in [4.78, 5) is 22.3. The molecule has 0 aliphatic carbocycles. The molecule has 0 spiro atoms. The van der Waals surface area contributed by atoms with Gasteiger partial charge in [0.2, 0.25) is 11.8 Å². The first-order valence-corrected chi connectivity index (χ1v) is 5.25. The van der Waals surface area contributed by atoms with E-state index in [1.807, 2.05) is 0 Å². The van der Waals surface area contributed by atoms with Gasteiger partial charge in [0.15, 0.2) is 0 Å². The number of carbonyl (C=O) groups excluding carboxylic acids is 2. The van der Waals surface area contributed by atoms with Crippen LogP contribution in [0, 0.1) is 0 Å². The monoisotopic (exact) mass is 214 g/mol. The van der Waals surface area contributed by atoms with Crippen molar-refractivity contribution in [2.24, 2.45) is 0 Å². The molecule has 2 amide bonds. The van der Waals surface area contributed by atoms with Gasteiger partial charge in [-0.05, 0) is 19.8 Å². The first-order valence-electron chi connectivity index (χ1n) is 5.25. The zero-order valence-corrected chi connectivity index (χ0v) is 9.21. The van der Waals surface area contributed by atoms with Gasteiger partial charge in [-0.25, -0.2) is 0 Å². The first-order chi connectivity index (χ1) is 7.09. The van der Waals surface area contributed by atoms with Gasteiger partial charge in [0.1, 0.15) is 6.04 Å². The van der Waals surface area contributed by atoms with Crippen molar-refractivity contribution in [2.75, 3.05) is 13.2 Å². The quantitative estimate of drug-likeness (QED) is 0.684. The molecule has 1 saturated heterocycles. The van der Waals surface area contributed by atoms with Crippen molar-refractivity contribution in [3.63, 3.8) is 0 Å². The highest BCUT2D eigenvalue weighted by Crippen LogP contribution is 2.06. The Morgan fingerprint density at radius 3 is 2.47 bits per heavy atom. The van der Waals surface area contributed by atoms with Gasteiger partial charge < -0.3 is 15.4 Å². The van der Waals surface area contributed by atoms with Crippen LogP contribution in [0.4, 0.5) is 0 Å². The van der Waals surface area contributed by atoms with Crippen molar-refractivity contribution >= 4 is 11.8 Å². The average Bonchev–Trinajstić information content (AvgIpc) is 2.18. The fourth-order valence-electron chi connectivity index (χ4n) is 1.54. The Balaban J connectivity index is 2.30. The summed E-state index contributed by atoms with van der Waals surface area (Å²) in [6.45, 7) is 4.47. The van der Waals surface area contributed by atoms with Crippen LogP contribution in [0.25, 0.3) is 0 Å². The van der Waals surface area contributed by atoms with Gasteiger partial charge in [-0.3, -0.25) is 9.59 Å². The smallest absolute Gasteiger partial charge is 0.242 e. The van der Waals surface area contributed by atoms with E-state index in [0.29, 0.717) is 13.2 Å². The molecule has 1 aliphatic rings. The fraction of sp³-hybridized carbons (Fsp3) is 0.800. The molecular formula is C10H18N2O3. The second-order valence-electron chi connectivity index (χ2n) is 3.82. The number of rotatable bonds is 3. The number of hydrogen-bond donors (Lipinski definition) is 2. The van der Waals surface area contributed by atoms with E-state index in [0.717, 1.165) is 12.8 Å². The highest BCUT2D eigenvalue weighted by atomic mass is 16.5. The standard InChI is InChI=1S/C10H18N2O3/c1-7(11-8(2)13)10(14)12-9-3-5-15-6-4-9/h7,9H,3-6H2,1-2H3,(H,11,13)(H,12,14). The summed E-state index contributed by atoms with van der Waals surface area (Å²) >= 11 is 0. The number of carbonyl (C=O) groups is 2. The van der Waals surface area contributed by atoms with Crippen LogP contribution in [-0.2, 0) is 14.3 Å². The molecule has 0 aromatic heterocycles. The van der Waals surface area contributed by atoms with Crippen LogP contribution in [0.3, 0.4) is 0 Å². The second-order valence-corrected chi connectivity index (χ2v) is 3.82. The lowest BCUT2D eigenvalue weighted by molar-refractivity contribution is -0.128. The Hall–Kier alpha value is -1.10. The number of hydrogen-bond acceptors (Lipinski definition) is 3. The summed E-state index contributed by atoms with van der Waals surface area (Å²) < 4.78 is 5.19.